The van der Waals surface area contributed by atoms with Gasteiger partial charge >= 0.3 is 12.0 Å². The molecule has 2 amide bonds. The van der Waals surface area contributed by atoms with E-state index in [1.54, 1.807) is 10.3 Å². The summed E-state index contributed by atoms with van der Waals surface area (Å²) in [4.78, 5) is 30.2. The highest BCUT2D eigenvalue weighted by Gasteiger charge is 2.18. The van der Waals surface area contributed by atoms with Crippen molar-refractivity contribution in [3.8, 4) is 0 Å². The second kappa shape index (κ2) is 10.6. The van der Waals surface area contributed by atoms with Crippen LogP contribution in [0.1, 0.15) is 34.4 Å². The van der Waals surface area contributed by atoms with Crippen LogP contribution in [0, 0.1) is 6.92 Å². The lowest BCUT2D eigenvalue weighted by Crippen LogP contribution is -2.35. The number of hydrogen-bond acceptors (Lipinski definition) is 6. The summed E-state index contributed by atoms with van der Waals surface area (Å²) in [5, 5.41) is 5.21. The monoisotopic (exact) mass is 391 g/mol. The number of aryl methyl sites for hydroxylation is 1. The van der Waals surface area contributed by atoms with Crippen LogP contribution in [-0.2, 0) is 16.0 Å². The van der Waals surface area contributed by atoms with Gasteiger partial charge in [0.05, 0.1) is 13.7 Å². The van der Waals surface area contributed by atoms with Crippen molar-refractivity contribution in [1.82, 2.24) is 9.88 Å². The average Bonchev–Trinajstić information content (AvgIpc) is 3.14. The number of anilines is 1. The number of carbonyl (C=O) groups excluding carboxylic acids is 2. The molecule has 8 heteroatoms. The minimum atomic E-state index is -0.482. The van der Waals surface area contributed by atoms with Crippen molar-refractivity contribution >= 4 is 29.0 Å². The Morgan fingerprint density at radius 3 is 2.67 bits per heavy atom. The molecule has 0 aliphatic carbocycles. The van der Waals surface area contributed by atoms with Crippen molar-refractivity contribution < 1.29 is 19.1 Å². The third-order valence-corrected chi connectivity index (χ3v) is 4.62. The number of rotatable bonds is 9. The van der Waals surface area contributed by atoms with Gasteiger partial charge in [0, 0.05) is 30.8 Å². The molecule has 27 heavy (non-hydrogen) atoms. The second-order valence-corrected chi connectivity index (χ2v) is 6.83. The molecule has 0 fully saturated rings. The molecule has 7 nitrogen and oxygen atoms in total. The van der Waals surface area contributed by atoms with Gasteiger partial charge in [-0.15, -0.1) is 11.3 Å². The Morgan fingerprint density at radius 1 is 1.26 bits per heavy atom. The lowest BCUT2D eigenvalue weighted by molar-refractivity contribution is 0.0594. The number of carbonyl (C=O) groups is 2. The molecule has 0 radical (unpaired) electrons. The highest BCUT2D eigenvalue weighted by Crippen LogP contribution is 2.15. The van der Waals surface area contributed by atoms with Crippen LogP contribution in [0.2, 0.25) is 0 Å². The summed E-state index contributed by atoms with van der Waals surface area (Å²) in [5.41, 5.74) is 2.11. The number of urea groups is 1. The number of nitrogens with one attached hydrogen (secondary N) is 1. The van der Waals surface area contributed by atoms with E-state index < -0.39 is 5.97 Å². The maximum atomic E-state index is 12.7. The highest BCUT2D eigenvalue weighted by molar-refractivity contribution is 7.09. The first-order chi connectivity index (χ1) is 13.0. The number of aromatic nitrogens is 1. The van der Waals surface area contributed by atoms with Gasteiger partial charge in [0.1, 0.15) is 5.01 Å². The largest absolute Gasteiger partial charge is 0.464 e. The summed E-state index contributed by atoms with van der Waals surface area (Å²) in [7, 11) is 1.32. The van der Waals surface area contributed by atoms with Crippen LogP contribution in [0.25, 0.3) is 0 Å². The molecule has 0 bridgehead atoms. The van der Waals surface area contributed by atoms with Crippen LogP contribution in [0.4, 0.5) is 10.5 Å². The van der Waals surface area contributed by atoms with Gasteiger partial charge in [-0.05, 0) is 32.4 Å². The van der Waals surface area contributed by atoms with Crippen LogP contribution in [0.15, 0.2) is 29.6 Å². The van der Waals surface area contributed by atoms with Crippen LogP contribution >= 0.6 is 11.3 Å². The predicted octanol–water partition coefficient (Wildman–Crippen LogP) is 3.70. The molecular weight excluding hydrogens is 366 g/mol. The standard InChI is InChI=1S/C19H25N3O4S/c1-4-26-11-5-10-22(12-17-21-16(13-27-17)18(23)25-3)19(24)20-15-8-6-14(2)7-9-15/h6-9,13H,4-5,10-12H2,1-3H3,(H,20,24). The van der Waals surface area contributed by atoms with Gasteiger partial charge in [0.15, 0.2) is 5.69 Å². The topological polar surface area (TPSA) is 80.8 Å². The minimum absolute atomic E-state index is 0.217. The van der Waals surface area contributed by atoms with E-state index in [0.29, 0.717) is 37.7 Å². The molecule has 1 aromatic carbocycles. The molecule has 146 valence electrons. The molecule has 0 unspecified atom stereocenters. The van der Waals surface area contributed by atoms with Crippen molar-refractivity contribution in [3.63, 3.8) is 0 Å². The van der Waals surface area contributed by atoms with E-state index in [2.05, 4.69) is 15.0 Å². The fourth-order valence-corrected chi connectivity index (χ4v) is 3.12. The molecule has 0 atom stereocenters. The van der Waals surface area contributed by atoms with Gasteiger partial charge in [-0.3, -0.25) is 0 Å². The lowest BCUT2D eigenvalue weighted by atomic mass is 10.2. The lowest BCUT2D eigenvalue weighted by Gasteiger charge is -2.22. The number of amides is 2. The third kappa shape index (κ3) is 6.65. The fourth-order valence-electron chi connectivity index (χ4n) is 2.34. The molecular formula is C19H25N3O4S. The summed E-state index contributed by atoms with van der Waals surface area (Å²) in [6, 6.07) is 7.40. The van der Waals surface area contributed by atoms with Gasteiger partial charge in [-0.25, -0.2) is 14.6 Å². The molecule has 0 saturated heterocycles. The first-order valence-electron chi connectivity index (χ1n) is 8.76. The Morgan fingerprint density at radius 2 is 2.00 bits per heavy atom. The normalized spacial score (nSPS) is 10.5. The van der Waals surface area contributed by atoms with E-state index in [1.807, 2.05) is 38.1 Å². The van der Waals surface area contributed by atoms with Gasteiger partial charge < -0.3 is 19.7 Å². The summed E-state index contributed by atoms with van der Waals surface area (Å²) < 4.78 is 10.0. The molecule has 0 aliphatic heterocycles. The van der Waals surface area contributed by atoms with Gasteiger partial charge in [-0.2, -0.15) is 0 Å². The molecule has 0 saturated carbocycles. The number of nitrogens with zero attached hydrogens (tertiary/aromatic N) is 2. The van der Waals surface area contributed by atoms with Gasteiger partial charge in [0.25, 0.3) is 0 Å². The number of benzene rings is 1. The maximum absolute atomic E-state index is 12.7. The summed E-state index contributed by atoms with van der Waals surface area (Å²) >= 11 is 1.33. The zero-order valence-electron chi connectivity index (χ0n) is 15.9. The first kappa shape index (κ1) is 20.9. The van der Waals surface area contributed by atoms with Crippen molar-refractivity contribution in [2.24, 2.45) is 0 Å². The number of esters is 1. The van der Waals surface area contributed by atoms with Crippen molar-refractivity contribution in [3.05, 3.63) is 45.9 Å². The number of hydrogen-bond donors (Lipinski definition) is 1. The quantitative estimate of drug-likeness (QED) is 0.521. The molecule has 2 rings (SSSR count). The smallest absolute Gasteiger partial charge is 0.357 e. The van der Waals surface area contributed by atoms with E-state index in [0.717, 1.165) is 11.3 Å². The van der Waals surface area contributed by atoms with E-state index >= 15 is 0 Å². The summed E-state index contributed by atoms with van der Waals surface area (Å²) in [5.74, 6) is -0.482. The fraction of sp³-hybridized carbons (Fsp3) is 0.421. The number of thiazole rings is 1. The van der Waals surface area contributed by atoms with E-state index in [1.165, 1.54) is 18.4 Å². The zero-order chi connectivity index (χ0) is 19.6. The molecule has 1 aromatic heterocycles. The molecule has 2 aromatic rings. The number of methoxy groups -OCH3 is 1. The van der Waals surface area contributed by atoms with Crippen molar-refractivity contribution in [1.29, 1.82) is 0 Å². The Hall–Kier alpha value is -2.45. The molecule has 1 N–H and O–H groups in total. The Kier molecular flexibility index (Phi) is 8.22. The highest BCUT2D eigenvalue weighted by atomic mass is 32.1. The Bertz CT molecular complexity index is 746. The van der Waals surface area contributed by atoms with E-state index in [-0.39, 0.29) is 11.7 Å². The zero-order valence-corrected chi connectivity index (χ0v) is 16.7. The number of ether oxygens (including phenoxy) is 2. The van der Waals surface area contributed by atoms with Gasteiger partial charge in [0.2, 0.25) is 0 Å². The maximum Gasteiger partial charge on any atom is 0.357 e. The molecule has 1 heterocycles. The average molecular weight is 391 g/mol. The summed E-state index contributed by atoms with van der Waals surface area (Å²) in [6.45, 7) is 5.98. The van der Waals surface area contributed by atoms with Crippen LogP contribution in [0.5, 0.6) is 0 Å². The van der Waals surface area contributed by atoms with Crippen LogP contribution in [-0.4, -0.2) is 48.8 Å². The SMILES string of the molecule is CCOCCCN(Cc1nc(C(=O)OC)cs1)C(=O)Nc1ccc(C)cc1. The first-order valence-corrected chi connectivity index (χ1v) is 9.64. The second-order valence-electron chi connectivity index (χ2n) is 5.89. The molecule has 0 spiro atoms. The van der Waals surface area contributed by atoms with E-state index in [9.17, 15) is 9.59 Å². The molecule has 0 aliphatic rings. The third-order valence-electron chi connectivity index (χ3n) is 3.78. The predicted molar refractivity (Wildman–Crippen MR) is 105 cm³/mol. The van der Waals surface area contributed by atoms with E-state index in [4.69, 9.17) is 4.74 Å². The Labute approximate surface area is 163 Å². The van der Waals surface area contributed by atoms with Crippen LogP contribution < -0.4 is 5.32 Å². The van der Waals surface area contributed by atoms with Crippen molar-refractivity contribution in [2.45, 2.75) is 26.8 Å². The summed E-state index contributed by atoms with van der Waals surface area (Å²) in [6.07, 6.45) is 0.713. The minimum Gasteiger partial charge on any atom is -0.464 e. The Balaban J connectivity index is 2.04. The van der Waals surface area contributed by atoms with Crippen molar-refractivity contribution in [2.75, 3.05) is 32.2 Å². The van der Waals surface area contributed by atoms with Gasteiger partial charge in [-0.1, -0.05) is 17.7 Å². The van der Waals surface area contributed by atoms with Crippen LogP contribution in [0.3, 0.4) is 0 Å².